The molecule has 0 amide bonds. The van der Waals surface area contributed by atoms with Crippen LogP contribution in [0.5, 0.6) is 0 Å². The van der Waals surface area contributed by atoms with E-state index in [2.05, 4.69) is 328 Å². The van der Waals surface area contributed by atoms with Crippen LogP contribution in [0.3, 0.4) is 0 Å². The predicted molar refractivity (Wildman–Crippen MR) is 398 cm³/mol. The molecule has 0 aliphatic rings. The van der Waals surface area contributed by atoms with Gasteiger partial charge in [-0.3, -0.25) is 0 Å². The molecule has 0 aliphatic carbocycles. The first-order valence-electron chi connectivity index (χ1n) is 32.4. The van der Waals surface area contributed by atoms with Crippen LogP contribution in [0.4, 0.5) is 0 Å². The van der Waals surface area contributed by atoms with Crippen LogP contribution in [0.1, 0.15) is 5.56 Å². The van der Waals surface area contributed by atoms with E-state index in [0.717, 1.165) is 89.2 Å². The number of hydrogen-bond acceptors (Lipinski definition) is 3. The summed E-state index contributed by atoms with van der Waals surface area (Å²) in [6.45, 7) is 0. The average molecular weight is 1220 g/mol. The first-order valence-corrected chi connectivity index (χ1v) is 32.4. The molecule has 0 unspecified atom stereocenters. The predicted octanol–water partition coefficient (Wildman–Crippen LogP) is 22.8. The fourth-order valence-electron chi connectivity index (χ4n) is 14.4. The summed E-state index contributed by atoms with van der Waals surface area (Å²) in [4.78, 5) is 10.2. The van der Waals surface area contributed by atoms with Crippen molar-refractivity contribution in [3.8, 4) is 85.0 Å². The zero-order chi connectivity index (χ0) is 63.6. The minimum atomic E-state index is 0.667. The van der Waals surface area contributed by atoms with Gasteiger partial charge >= 0.3 is 0 Å². The largest absolute Gasteiger partial charge is 0.309 e. The third-order valence-corrected chi connectivity index (χ3v) is 18.9. The highest BCUT2D eigenvalue weighted by Crippen LogP contribution is 2.42. The van der Waals surface area contributed by atoms with Crippen LogP contribution >= 0.6 is 0 Å². The summed E-state index contributed by atoms with van der Waals surface area (Å²) < 4.78 is 9.37. The second-order valence-electron chi connectivity index (χ2n) is 24.4. The number of benzene rings is 14. The summed E-state index contributed by atoms with van der Waals surface area (Å²) >= 11 is 0. The summed E-state index contributed by atoms with van der Waals surface area (Å²) in [6, 6.07) is 125. The van der Waals surface area contributed by atoms with E-state index in [1.807, 2.05) is 42.5 Å². The van der Waals surface area contributed by atoms with Gasteiger partial charge in [0.25, 0.3) is 0 Å². The summed E-state index contributed by atoms with van der Waals surface area (Å²) in [5, 5.41) is 19.2. The molecule has 5 aromatic heterocycles. The Morgan fingerprint density at radius 3 is 0.854 bits per heavy atom. The van der Waals surface area contributed by atoms with Gasteiger partial charge in [0.2, 0.25) is 0 Å². The highest BCUT2D eigenvalue weighted by molar-refractivity contribution is 6.15. The minimum Gasteiger partial charge on any atom is -0.309 e. The molecule has 0 bridgehead atoms. The average Bonchev–Trinajstić information content (AvgIpc) is 1.60. The number of para-hydroxylation sites is 6. The third kappa shape index (κ3) is 9.51. The van der Waals surface area contributed by atoms with Gasteiger partial charge in [-0.25, -0.2) is 9.97 Å². The maximum atomic E-state index is 9.64. The van der Waals surface area contributed by atoms with Crippen molar-refractivity contribution in [2.24, 2.45) is 0 Å². The van der Waals surface area contributed by atoms with Crippen molar-refractivity contribution in [2.45, 2.75) is 0 Å². The minimum absolute atomic E-state index is 0.667. The van der Waals surface area contributed by atoms with E-state index in [4.69, 9.17) is 9.97 Å². The molecular formula is C89H57N7. The molecule has 96 heavy (non-hydrogen) atoms. The Morgan fingerprint density at radius 1 is 0.208 bits per heavy atom. The number of fused-ring (bicyclic) bond motifs is 12. The molecule has 14 aromatic carbocycles. The van der Waals surface area contributed by atoms with Crippen LogP contribution in [-0.2, 0) is 0 Å². The summed E-state index contributed by atoms with van der Waals surface area (Å²) in [5.41, 5.74) is 24.1. The zero-order valence-corrected chi connectivity index (χ0v) is 52.0. The number of nitriles is 1. The molecule has 0 saturated heterocycles. The lowest BCUT2D eigenvalue weighted by Crippen LogP contribution is -1.96. The third-order valence-electron chi connectivity index (χ3n) is 18.9. The molecule has 5 heterocycles. The van der Waals surface area contributed by atoms with Gasteiger partial charge in [-0.05, 0) is 168 Å². The second-order valence-corrected chi connectivity index (χ2v) is 24.4. The van der Waals surface area contributed by atoms with E-state index in [0.29, 0.717) is 11.4 Å². The molecule has 19 aromatic rings. The van der Waals surface area contributed by atoms with Gasteiger partial charge in [0.15, 0.2) is 5.82 Å². The second kappa shape index (κ2) is 23.2. The van der Waals surface area contributed by atoms with E-state index in [-0.39, 0.29) is 0 Å². The smallest absolute Gasteiger partial charge is 0.160 e. The lowest BCUT2D eigenvalue weighted by Gasteiger charge is -2.10. The Kier molecular flexibility index (Phi) is 13.5. The van der Waals surface area contributed by atoms with E-state index < -0.39 is 0 Å². The normalized spacial score (nSPS) is 11.5. The molecule has 0 spiro atoms. The highest BCUT2D eigenvalue weighted by atomic mass is 15.0. The van der Waals surface area contributed by atoms with E-state index >= 15 is 0 Å². The highest BCUT2D eigenvalue weighted by Gasteiger charge is 2.21. The summed E-state index contributed by atoms with van der Waals surface area (Å²) in [5.74, 6) is 0.708. The molecule has 7 nitrogen and oxygen atoms in total. The molecule has 0 saturated carbocycles. The van der Waals surface area contributed by atoms with Crippen LogP contribution in [0.15, 0.2) is 346 Å². The molecule has 0 fully saturated rings. The summed E-state index contributed by atoms with van der Waals surface area (Å²) in [6.07, 6.45) is 0. The first-order chi connectivity index (χ1) is 47.6. The Balaban J connectivity index is 0.000000148. The number of rotatable bonds is 9. The van der Waals surface area contributed by atoms with Crippen LogP contribution in [0.2, 0.25) is 0 Å². The standard InChI is InChI=1S/C52H34N4.C37H23N3/c1-5-15-35(16-6-1)46-34-47(54-52(53-46)36-17-7-2-8-18-36)39-27-30-51-45(33-39)44-32-38(26-29-50(44)56(51)41-21-11-4-12-22-41)37-25-28-49-43(31-37)42-23-13-14-24-48(42)55(49)40-19-9-3-10-20-40;38-24-25-15-18-35-31(21-25)33-23-27(17-20-37(33)40(35)29-11-5-2-6-12-29)26-16-19-36-32(22-26)30-13-7-8-14-34(30)39(36)28-9-3-1-4-10-28/h1-34H;1-23H. The SMILES string of the molecule is N#Cc1ccc2c(c1)c1cc(-c3ccc4c(c3)c3ccccc3n4-c3ccccc3)ccc1n2-c1ccccc1.c1ccc(-c2cc(-c3ccc4c(c3)c3cc(-c5ccc6c(c5)c5ccccc5n6-c5ccccc5)ccc3n4-c3ccccc3)nc(-c3ccccc3)n2)cc1. The molecule has 448 valence electrons. The fourth-order valence-corrected chi connectivity index (χ4v) is 14.4. The Morgan fingerprint density at radius 2 is 0.479 bits per heavy atom. The molecule has 0 aliphatic heterocycles. The van der Waals surface area contributed by atoms with Gasteiger partial charge in [-0.15, -0.1) is 0 Å². The molecule has 0 N–H and O–H groups in total. The molecule has 19 rings (SSSR count). The maximum Gasteiger partial charge on any atom is 0.160 e. The number of nitrogens with zero attached hydrogens (tertiary/aromatic N) is 7. The van der Waals surface area contributed by atoms with Gasteiger partial charge < -0.3 is 18.3 Å². The Hall–Kier alpha value is -13.2. The van der Waals surface area contributed by atoms with Crippen molar-refractivity contribution in [3.63, 3.8) is 0 Å². The van der Waals surface area contributed by atoms with Gasteiger partial charge in [-0.1, -0.05) is 200 Å². The van der Waals surface area contributed by atoms with Crippen LogP contribution in [0, 0.1) is 11.3 Å². The molecule has 0 atom stereocenters. The Bertz CT molecular complexity index is 6180. The van der Waals surface area contributed by atoms with Crippen LogP contribution in [0.25, 0.3) is 166 Å². The van der Waals surface area contributed by atoms with Crippen molar-refractivity contribution in [1.82, 2.24) is 28.2 Å². The van der Waals surface area contributed by atoms with E-state index in [1.165, 1.54) is 71.1 Å². The van der Waals surface area contributed by atoms with Gasteiger partial charge in [-0.2, -0.15) is 5.26 Å². The lowest BCUT2D eigenvalue weighted by molar-refractivity contribution is 1.18. The maximum absolute atomic E-state index is 9.64. The van der Waals surface area contributed by atoms with Crippen molar-refractivity contribution < 1.29 is 0 Å². The zero-order valence-electron chi connectivity index (χ0n) is 52.0. The van der Waals surface area contributed by atoms with E-state index in [9.17, 15) is 5.26 Å². The van der Waals surface area contributed by atoms with Crippen LogP contribution < -0.4 is 0 Å². The number of hydrogen-bond donors (Lipinski definition) is 0. The topological polar surface area (TPSA) is 69.3 Å². The number of aromatic nitrogens is 6. The van der Waals surface area contributed by atoms with Crippen molar-refractivity contribution in [2.75, 3.05) is 0 Å². The Labute approximate surface area is 553 Å². The molecule has 7 heteroatoms. The quantitative estimate of drug-likeness (QED) is 0.145. The molecular weight excluding hydrogens is 1170 g/mol. The van der Waals surface area contributed by atoms with Crippen molar-refractivity contribution in [1.29, 1.82) is 5.26 Å². The first kappa shape index (κ1) is 55.7. The van der Waals surface area contributed by atoms with Gasteiger partial charge in [0.05, 0.1) is 67.2 Å². The lowest BCUT2D eigenvalue weighted by atomic mass is 9.99. The molecule has 0 radical (unpaired) electrons. The fraction of sp³-hybridized carbons (Fsp3) is 0. The van der Waals surface area contributed by atoms with Gasteiger partial charge in [0.1, 0.15) is 0 Å². The van der Waals surface area contributed by atoms with Crippen molar-refractivity contribution in [3.05, 3.63) is 351 Å². The monoisotopic (exact) mass is 1220 g/mol. The van der Waals surface area contributed by atoms with Gasteiger partial charge in [0, 0.05) is 82.5 Å². The summed E-state index contributed by atoms with van der Waals surface area (Å²) in [7, 11) is 0. The van der Waals surface area contributed by atoms with Crippen molar-refractivity contribution >= 4 is 87.2 Å². The van der Waals surface area contributed by atoms with E-state index in [1.54, 1.807) is 0 Å². The van der Waals surface area contributed by atoms with Crippen LogP contribution in [-0.4, -0.2) is 28.2 Å².